The van der Waals surface area contributed by atoms with Crippen LogP contribution in [0.1, 0.15) is 11.7 Å². The van der Waals surface area contributed by atoms with Gasteiger partial charge in [0.25, 0.3) is 0 Å². The first-order valence-electron chi connectivity index (χ1n) is 6.87. The summed E-state index contributed by atoms with van der Waals surface area (Å²) < 4.78 is 13.8. The average molecular weight is 330 g/mol. The van der Waals surface area contributed by atoms with Crippen LogP contribution in [0.2, 0.25) is 0 Å². The van der Waals surface area contributed by atoms with E-state index < -0.39 is 6.10 Å². The molecule has 2 nitrogen and oxygen atoms in total. The van der Waals surface area contributed by atoms with Crippen molar-refractivity contribution in [3.05, 3.63) is 47.8 Å². The minimum atomic E-state index is -0.707. The Morgan fingerprint density at radius 2 is 1.62 bits per heavy atom. The van der Waals surface area contributed by atoms with Gasteiger partial charge in [0.05, 0.1) is 6.10 Å². The van der Waals surface area contributed by atoms with Gasteiger partial charge in [0.2, 0.25) is 0 Å². The Labute approximate surface area is 134 Å². The lowest BCUT2D eigenvalue weighted by Gasteiger charge is -2.24. The zero-order chi connectivity index (χ0) is 15.2. The van der Waals surface area contributed by atoms with Crippen molar-refractivity contribution in [1.29, 1.82) is 0 Å². The molecule has 0 heterocycles. The summed E-state index contributed by atoms with van der Waals surface area (Å²) in [5.74, 6) is 0.682. The summed E-state index contributed by atoms with van der Waals surface area (Å²) in [5.41, 5.74) is 0.723. The van der Waals surface area contributed by atoms with E-state index in [2.05, 4.69) is 0 Å². The van der Waals surface area contributed by atoms with Crippen molar-refractivity contribution in [1.82, 2.24) is 4.90 Å². The number of halogens is 3. The van der Waals surface area contributed by atoms with Crippen LogP contribution < -0.4 is 0 Å². The van der Waals surface area contributed by atoms with Gasteiger partial charge in [-0.1, -0.05) is 30.3 Å². The molecule has 2 aromatic carbocycles. The van der Waals surface area contributed by atoms with Crippen molar-refractivity contribution in [3.63, 3.8) is 0 Å². The molecule has 0 bridgehead atoms. The number of alkyl halides is 2. The first-order chi connectivity index (χ1) is 10.2. The highest BCUT2D eigenvalue weighted by Gasteiger charge is 2.16. The molecule has 1 unspecified atom stereocenters. The summed E-state index contributed by atoms with van der Waals surface area (Å²) in [5, 5.41) is 11.7. The van der Waals surface area contributed by atoms with Gasteiger partial charge in [0.15, 0.2) is 0 Å². The second kappa shape index (κ2) is 7.95. The van der Waals surface area contributed by atoms with E-state index in [1.165, 1.54) is 6.07 Å². The molecule has 1 atom stereocenters. The number of aliphatic hydroxyl groups excluding tert-OH is 1. The van der Waals surface area contributed by atoms with Gasteiger partial charge in [-0.2, -0.15) is 0 Å². The SMILES string of the molecule is OC(CN(CCCl)CCCl)c1ccc(F)c2ccccc12. The Morgan fingerprint density at radius 3 is 2.24 bits per heavy atom. The van der Waals surface area contributed by atoms with Gasteiger partial charge >= 0.3 is 0 Å². The molecule has 0 aliphatic heterocycles. The highest BCUT2D eigenvalue weighted by molar-refractivity contribution is 6.18. The Hall–Kier alpha value is -0.870. The van der Waals surface area contributed by atoms with Crippen molar-refractivity contribution in [2.45, 2.75) is 6.10 Å². The van der Waals surface area contributed by atoms with E-state index in [1.807, 2.05) is 17.0 Å². The third kappa shape index (κ3) is 4.07. The third-order valence-electron chi connectivity index (χ3n) is 3.50. The second-order valence-electron chi connectivity index (χ2n) is 4.88. The molecule has 0 radical (unpaired) electrons. The number of hydrogen-bond acceptors (Lipinski definition) is 2. The fourth-order valence-corrected chi connectivity index (χ4v) is 2.93. The van der Waals surface area contributed by atoms with E-state index >= 15 is 0 Å². The standard InChI is InChI=1S/C16H18Cl2FNO/c17-7-9-20(10-8-18)11-16(21)14-5-6-15(19)13-4-2-1-3-12(13)14/h1-6,16,21H,7-11H2. The number of nitrogens with zero attached hydrogens (tertiary/aromatic N) is 1. The highest BCUT2D eigenvalue weighted by atomic mass is 35.5. The molecule has 2 rings (SSSR count). The van der Waals surface area contributed by atoms with Crippen LogP contribution in [0.25, 0.3) is 10.8 Å². The van der Waals surface area contributed by atoms with E-state index in [1.54, 1.807) is 18.2 Å². The molecule has 5 heteroatoms. The predicted octanol–water partition coefficient (Wildman–Crippen LogP) is 3.79. The lowest BCUT2D eigenvalue weighted by atomic mass is 9.99. The maximum absolute atomic E-state index is 13.8. The van der Waals surface area contributed by atoms with Crippen LogP contribution in [0.3, 0.4) is 0 Å². The largest absolute Gasteiger partial charge is 0.387 e. The van der Waals surface area contributed by atoms with Crippen LogP contribution in [-0.4, -0.2) is 41.4 Å². The van der Waals surface area contributed by atoms with Crippen LogP contribution in [0.4, 0.5) is 4.39 Å². The molecule has 0 saturated carbocycles. The molecule has 0 saturated heterocycles. The van der Waals surface area contributed by atoms with Gasteiger partial charge in [-0.25, -0.2) is 4.39 Å². The maximum Gasteiger partial charge on any atom is 0.131 e. The zero-order valence-corrected chi connectivity index (χ0v) is 13.1. The molecule has 0 spiro atoms. The van der Waals surface area contributed by atoms with Crippen LogP contribution in [0.5, 0.6) is 0 Å². The summed E-state index contributed by atoms with van der Waals surface area (Å²) in [4.78, 5) is 2.00. The molecular formula is C16H18Cl2FNO. The predicted molar refractivity (Wildman–Crippen MR) is 86.7 cm³/mol. The summed E-state index contributed by atoms with van der Waals surface area (Å²) in [6.07, 6.45) is -0.707. The van der Waals surface area contributed by atoms with Gasteiger partial charge < -0.3 is 5.11 Å². The van der Waals surface area contributed by atoms with E-state index in [4.69, 9.17) is 23.2 Å². The van der Waals surface area contributed by atoms with Gasteiger partial charge in [0, 0.05) is 36.8 Å². The lowest BCUT2D eigenvalue weighted by molar-refractivity contribution is 0.121. The van der Waals surface area contributed by atoms with Gasteiger partial charge in [-0.05, 0) is 17.0 Å². The molecule has 114 valence electrons. The lowest BCUT2D eigenvalue weighted by Crippen LogP contribution is -2.32. The van der Waals surface area contributed by atoms with Crippen LogP contribution in [-0.2, 0) is 0 Å². The van der Waals surface area contributed by atoms with Crippen LogP contribution in [0.15, 0.2) is 36.4 Å². The Bertz CT molecular complexity index is 587. The Morgan fingerprint density at radius 1 is 1.00 bits per heavy atom. The van der Waals surface area contributed by atoms with Gasteiger partial charge in [-0.15, -0.1) is 23.2 Å². The zero-order valence-electron chi connectivity index (χ0n) is 11.6. The molecule has 0 aromatic heterocycles. The molecular weight excluding hydrogens is 312 g/mol. The van der Waals surface area contributed by atoms with Crippen LogP contribution in [0, 0.1) is 5.82 Å². The highest BCUT2D eigenvalue weighted by Crippen LogP contribution is 2.27. The number of rotatable bonds is 7. The topological polar surface area (TPSA) is 23.5 Å². The van der Waals surface area contributed by atoms with Crippen molar-refractivity contribution >= 4 is 34.0 Å². The minimum absolute atomic E-state index is 0.278. The van der Waals surface area contributed by atoms with Crippen LogP contribution >= 0.6 is 23.2 Å². The number of benzene rings is 2. The molecule has 0 amide bonds. The summed E-state index contributed by atoms with van der Waals surface area (Å²) >= 11 is 11.5. The van der Waals surface area contributed by atoms with Gasteiger partial charge in [-0.3, -0.25) is 4.90 Å². The van der Waals surface area contributed by atoms with Crippen molar-refractivity contribution in [2.75, 3.05) is 31.4 Å². The van der Waals surface area contributed by atoms with Gasteiger partial charge in [0.1, 0.15) is 5.82 Å². The average Bonchev–Trinajstić information content (AvgIpc) is 2.48. The normalized spacial score (nSPS) is 13.0. The number of aliphatic hydroxyl groups is 1. The molecule has 21 heavy (non-hydrogen) atoms. The monoisotopic (exact) mass is 329 g/mol. The molecule has 0 fully saturated rings. The smallest absolute Gasteiger partial charge is 0.131 e. The fourth-order valence-electron chi connectivity index (χ4n) is 2.45. The summed E-state index contributed by atoms with van der Waals surface area (Å²) in [6, 6.07) is 10.2. The second-order valence-corrected chi connectivity index (χ2v) is 5.63. The molecule has 2 aromatic rings. The fraction of sp³-hybridized carbons (Fsp3) is 0.375. The van der Waals surface area contributed by atoms with E-state index in [0.717, 1.165) is 10.9 Å². The molecule has 0 aliphatic carbocycles. The number of hydrogen-bond donors (Lipinski definition) is 1. The molecule has 1 N–H and O–H groups in total. The quantitative estimate of drug-likeness (QED) is 0.781. The van der Waals surface area contributed by atoms with E-state index in [0.29, 0.717) is 36.8 Å². The van der Waals surface area contributed by atoms with Crippen molar-refractivity contribution < 1.29 is 9.50 Å². The van der Waals surface area contributed by atoms with E-state index in [-0.39, 0.29) is 5.82 Å². The third-order valence-corrected chi connectivity index (χ3v) is 3.83. The minimum Gasteiger partial charge on any atom is -0.387 e. The first kappa shape index (κ1) is 16.5. The Balaban J connectivity index is 2.26. The number of fused-ring (bicyclic) bond motifs is 1. The maximum atomic E-state index is 13.8. The first-order valence-corrected chi connectivity index (χ1v) is 7.93. The van der Waals surface area contributed by atoms with Crippen molar-refractivity contribution in [3.8, 4) is 0 Å². The van der Waals surface area contributed by atoms with E-state index in [9.17, 15) is 9.50 Å². The van der Waals surface area contributed by atoms with Crippen molar-refractivity contribution in [2.24, 2.45) is 0 Å². The molecule has 0 aliphatic rings. The summed E-state index contributed by atoms with van der Waals surface area (Å²) in [6.45, 7) is 1.74. The Kier molecular flexibility index (Phi) is 6.24. The summed E-state index contributed by atoms with van der Waals surface area (Å²) in [7, 11) is 0.